The van der Waals surface area contributed by atoms with Gasteiger partial charge in [0.25, 0.3) is 5.91 Å². The normalized spacial score (nSPS) is 14.7. The SMILES string of the molecule is CCOC(=O)CCCC[C@@H](NC(=O)c1ccc(Cl)s1)C(=O)Cc1ccc2c(c1)CCN(C)CC2. The average molecular weight is 505 g/mol. The molecule has 2 heterocycles. The molecule has 184 valence electrons. The van der Waals surface area contributed by atoms with Crippen LogP contribution in [0.1, 0.15) is 59.0 Å². The Morgan fingerprint density at radius 2 is 1.88 bits per heavy atom. The van der Waals surface area contributed by atoms with Crippen LogP contribution in [0.25, 0.3) is 0 Å². The molecular weight excluding hydrogens is 472 g/mol. The third-order valence-corrected chi connectivity index (χ3v) is 7.32. The number of rotatable bonds is 11. The summed E-state index contributed by atoms with van der Waals surface area (Å²) in [6.45, 7) is 4.18. The summed E-state index contributed by atoms with van der Waals surface area (Å²) in [6.07, 6.45) is 4.27. The standard InChI is InChI=1S/C26H33ClN2O4S/c1-3-33-25(31)7-5-4-6-21(28-26(32)23-10-11-24(27)34-23)22(30)17-18-8-9-19-12-14-29(2)15-13-20(19)16-18/h8-11,16,21H,3-7,12-15,17H2,1-2H3,(H,28,32)/t21-/m1/s1. The van der Waals surface area contributed by atoms with Crippen LogP contribution in [-0.2, 0) is 33.6 Å². The molecule has 8 heteroatoms. The number of thiophene rings is 1. The van der Waals surface area contributed by atoms with Gasteiger partial charge in [-0.15, -0.1) is 11.3 Å². The summed E-state index contributed by atoms with van der Waals surface area (Å²) >= 11 is 7.16. The molecule has 0 bridgehead atoms. The maximum Gasteiger partial charge on any atom is 0.305 e. The summed E-state index contributed by atoms with van der Waals surface area (Å²) < 4.78 is 5.50. The van der Waals surface area contributed by atoms with Crippen LogP contribution in [0.2, 0.25) is 4.34 Å². The molecule has 1 atom stereocenters. The van der Waals surface area contributed by atoms with Gasteiger partial charge < -0.3 is 15.0 Å². The first kappa shape index (κ1) is 26.4. The Hall–Kier alpha value is -2.22. The number of nitrogens with zero attached hydrogens (tertiary/aromatic N) is 1. The van der Waals surface area contributed by atoms with Gasteiger partial charge in [0.1, 0.15) is 0 Å². The van der Waals surface area contributed by atoms with Crippen LogP contribution in [0.3, 0.4) is 0 Å². The number of fused-ring (bicyclic) bond motifs is 1. The number of hydrogen-bond donors (Lipinski definition) is 1. The zero-order chi connectivity index (χ0) is 24.5. The predicted molar refractivity (Wildman–Crippen MR) is 136 cm³/mol. The lowest BCUT2D eigenvalue weighted by atomic mass is 9.95. The van der Waals surface area contributed by atoms with E-state index >= 15 is 0 Å². The highest BCUT2D eigenvalue weighted by Crippen LogP contribution is 2.22. The summed E-state index contributed by atoms with van der Waals surface area (Å²) in [4.78, 5) is 40.4. The number of carbonyl (C=O) groups is 3. The number of ketones is 1. The van der Waals surface area contributed by atoms with Gasteiger partial charge in [-0.25, -0.2) is 0 Å². The molecule has 1 aromatic carbocycles. The Kier molecular flexibility index (Phi) is 10.1. The molecule has 0 fully saturated rings. The topological polar surface area (TPSA) is 75.7 Å². The second kappa shape index (κ2) is 13.0. The number of unbranched alkanes of at least 4 members (excludes halogenated alkanes) is 1. The molecule has 0 unspecified atom stereocenters. The first-order valence-corrected chi connectivity index (χ1v) is 13.1. The molecule has 34 heavy (non-hydrogen) atoms. The van der Waals surface area contributed by atoms with Gasteiger partial charge in [-0.05, 0) is 68.5 Å². The van der Waals surface area contributed by atoms with Crippen molar-refractivity contribution >= 4 is 40.6 Å². The maximum atomic E-state index is 13.3. The Morgan fingerprint density at radius 1 is 1.12 bits per heavy atom. The van der Waals surface area contributed by atoms with E-state index in [1.165, 1.54) is 22.5 Å². The van der Waals surface area contributed by atoms with Crippen molar-refractivity contribution in [2.75, 3.05) is 26.7 Å². The van der Waals surface area contributed by atoms with E-state index in [0.29, 0.717) is 41.5 Å². The second-order valence-electron chi connectivity index (χ2n) is 8.73. The first-order valence-electron chi connectivity index (χ1n) is 11.9. The zero-order valence-electron chi connectivity index (χ0n) is 19.9. The van der Waals surface area contributed by atoms with E-state index in [9.17, 15) is 14.4 Å². The predicted octanol–water partition coefficient (Wildman–Crippen LogP) is 4.47. The van der Waals surface area contributed by atoms with Crippen molar-refractivity contribution in [1.29, 1.82) is 0 Å². The summed E-state index contributed by atoms with van der Waals surface area (Å²) in [6, 6.07) is 9.02. The van der Waals surface area contributed by atoms with Crippen LogP contribution in [-0.4, -0.2) is 55.3 Å². The molecule has 0 aliphatic carbocycles. The summed E-state index contributed by atoms with van der Waals surface area (Å²) in [5, 5.41) is 2.90. The van der Waals surface area contributed by atoms with E-state index in [1.807, 2.05) is 6.07 Å². The average Bonchev–Trinajstić information content (AvgIpc) is 3.16. The molecular formula is C26H33ClN2O4S. The second-order valence-corrected chi connectivity index (χ2v) is 10.4. The van der Waals surface area contributed by atoms with Gasteiger partial charge in [0.15, 0.2) is 5.78 Å². The fourth-order valence-corrected chi connectivity index (χ4v) is 5.10. The molecule has 1 aliphatic rings. The molecule has 1 N–H and O–H groups in total. The van der Waals surface area contributed by atoms with Crippen molar-refractivity contribution < 1.29 is 19.1 Å². The molecule has 3 rings (SSSR count). The Labute approximate surface area is 210 Å². The highest BCUT2D eigenvalue weighted by molar-refractivity contribution is 7.18. The van der Waals surface area contributed by atoms with E-state index in [2.05, 4.69) is 29.4 Å². The minimum absolute atomic E-state index is 0.0298. The minimum Gasteiger partial charge on any atom is -0.466 e. The Bertz CT molecular complexity index is 1010. The van der Waals surface area contributed by atoms with Gasteiger partial charge in [0.2, 0.25) is 0 Å². The molecule has 0 radical (unpaired) electrons. The highest BCUT2D eigenvalue weighted by atomic mass is 35.5. The number of benzene rings is 1. The van der Waals surface area contributed by atoms with Crippen molar-refractivity contribution in [1.82, 2.24) is 10.2 Å². The molecule has 1 aliphatic heterocycles. The maximum absolute atomic E-state index is 13.3. The van der Waals surface area contributed by atoms with Gasteiger partial charge in [0.05, 0.1) is 21.9 Å². The van der Waals surface area contributed by atoms with Crippen molar-refractivity contribution in [3.63, 3.8) is 0 Å². The number of esters is 1. The van der Waals surface area contributed by atoms with E-state index in [-0.39, 0.29) is 24.1 Å². The number of ether oxygens (including phenoxy) is 1. The van der Waals surface area contributed by atoms with Gasteiger partial charge in [-0.2, -0.15) is 0 Å². The molecule has 1 aromatic heterocycles. The summed E-state index contributed by atoms with van der Waals surface area (Å²) in [7, 11) is 2.13. The lowest BCUT2D eigenvalue weighted by molar-refractivity contribution is -0.143. The number of hydrogen-bond acceptors (Lipinski definition) is 6. The van der Waals surface area contributed by atoms with Gasteiger partial charge >= 0.3 is 5.97 Å². The molecule has 0 saturated carbocycles. The summed E-state index contributed by atoms with van der Waals surface area (Å²) in [5.41, 5.74) is 3.62. The number of carbonyl (C=O) groups excluding carboxylic acids is 3. The van der Waals surface area contributed by atoms with Crippen LogP contribution in [0, 0.1) is 0 Å². The third-order valence-electron chi connectivity index (χ3n) is 6.09. The number of nitrogens with one attached hydrogen (secondary N) is 1. The van der Waals surface area contributed by atoms with Crippen LogP contribution in [0.15, 0.2) is 30.3 Å². The third kappa shape index (κ3) is 7.93. The van der Waals surface area contributed by atoms with Gasteiger partial charge in [-0.3, -0.25) is 14.4 Å². The van der Waals surface area contributed by atoms with Gasteiger partial charge in [-0.1, -0.05) is 36.2 Å². The van der Waals surface area contributed by atoms with Crippen LogP contribution >= 0.6 is 22.9 Å². The molecule has 2 aromatic rings. The lowest BCUT2D eigenvalue weighted by Crippen LogP contribution is -2.41. The van der Waals surface area contributed by atoms with Crippen molar-refractivity contribution in [2.45, 2.75) is 57.9 Å². The number of halogens is 1. The first-order chi connectivity index (χ1) is 16.4. The monoisotopic (exact) mass is 504 g/mol. The van der Waals surface area contributed by atoms with Crippen molar-refractivity contribution in [2.24, 2.45) is 0 Å². The fourth-order valence-electron chi connectivity index (χ4n) is 4.15. The quantitative estimate of drug-likeness (QED) is 0.361. The van der Waals surface area contributed by atoms with Crippen molar-refractivity contribution in [3.8, 4) is 0 Å². The number of Topliss-reactive ketones (excluding diaryl/α,β-unsaturated/α-hetero) is 1. The van der Waals surface area contributed by atoms with E-state index in [0.717, 1.165) is 31.5 Å². The Morgan fingerprint density at radius 3 is 2.59 bits per heavy atom. The fraction of sp³-hybridized carbons (Fsp3) is 0.500. The smallest absolute Gasteiger partial charge is 0.305 e. The van der Waals surface area contributed by atoms with E-state index < -0.39 is 6.04 Å². The van der Waals surface area contributed by atoms with Crippen LogP contribution in [0.5, 0.6) is 0 Å². The molecule has 0 spiro atoms. The number of amides is 1. The highest BCUT2D eigenvalue weighted by Gasteiger charge is 2.23. The Balaban J connectivity index is 1.65. The minimum atomic E-state index is -0.625. The lowest BCUT2D eigenvalue weighted by Gasteiger charge is -2.18. The molecule has 1 amide bonds. The van der Waals surface area contributed by atoms with Crippen molar-refractivity contribution in [3.05, 3.63) is 56.2 Å². The van der Waals surface area contributed by atoms with Crippen LogP contribution < -0.4 is 5.32 Å². The zero-order valence-corrected chi connectivity index (χ0v) is 21.5. The van der Waals surface area contributed by atoms with Crippen LogP contribution in [0.4, 0.5) is 0 Å². The van der Waals surface area contributed by atoms with E-state index in [1.54, 1.807) is 19.1 Å². The molecule has 0 saturated heterocycles. The summed E-state index contributed by atoms with van der Waals surface area (Å²) in [5.74, 6) is -0.568. The van der Waals surface area contributed by atoms with Gasteiger partial charge in [0, 0.05) is 25.9 Å². The van der Waals surface area contributed by atoms with E-state index in [4.69, 9.17) is 16.3 Å². The largest absolute Gasteiger partial charge is 0.466 e. The molecule has 6 nitrogen and oxygen atoms in total. The number of likely N-dealkylation sites (N-methyl/N-ethyl adjacent to an activating group) is 1.